The Morgan fingerprint density at radius 2 is 1.75 bits per heavy atom. The van der Waals surface area contributed by atoms with Crippen molar-refractivity contribution in [1.82, 2.24) is 5.32 Å². The molecule has 0 saturated carbocycles. The number of carbonyl (C=O) groups is 1. The van der Waals surface area contributed by atoms with Gasteiger partial charge in [0.05, 0.1) is 6.67 Å². The van der Waals surface area contributed by atoms with Crippen LogP contribution in [0, 0.1) is 0 Å². The van der Waals surface area contributed by atoms with Gasteiger partial charge in [0.2, 0.25) is 5.91 Å². The van der Waals surface area contributed by atoms with Gasteiger partial charge in [-0.2, -0.15) is 0 Å². The average Bonchev–Trinajstić information content (AvgIpc) is 2.58. The molecule has 1 saturated heterocycles. The molecule has 2 rings (SSSR count). The number of nitrogens with zero attached hydrogens (tertiary/aromatic N) is 1. The largest absolute Gasteiger partial charge is 0.340 e. The maximum absolute atomic E-state index is 11.5. The van der Waals surface area contributed by atoms with Crippen LogP contribution in [0.15, 0.2) is 30.3 Å². The summed E-state index contributed by atoms with van der Waals surface area (Å²) < 4.78 is 0. The number of rotatable bonds is 1. The second-order valence-electron chi connectivity index (χ2n) is 3.99. The van der Waals surface area contributed by atoms with Crippen molar-refractivity contribution < 1.29 is 4.79 Å². The molecule has 0 atom stereocenters. The zero-order valence-electron chi connectivity index (χ0n) is 10.4. The van der Waals surface area contributed by atoms with E-state index < -0.39 is 5.54 Å². The van der Waals surface area contributed by atoms with Gasteiger partial charge >= 0.3 is 0 Å². The molecule has 88 valence electrons. The Kier molecular flexibility index (Phi) is 3.93. The minimum Gasteiger partial charge on any atom is -0.340 e. The summed E-state index contributed by atoms with van der Waals surface area (Å²) in [5.41, 5.74) is 0.636. The van der Waals surface area contributed by atoms with Crippen molar-refractivity contribution in [3.8, 4) is 0 Å². The van der Waals surface area contributed by atoms with E-state index in [0.717, 1.165) is 5.69 Å². The second kappa shape index (κ2) is 5.01. The summed E-state index contributed by atoms with van der Waals surface area (Å²) in [7, 11) is 0. The maximum Gasteiger partial charge on any atom is 0.246 e. The molecule has 0 aliphatic carbocycles. The molecule has 0 radical (unpaired) electrons. The van der Waals surface area contributed by atoms with Crippen LogP contribution in [0.5, 0.6) is 0 Å². The van der Waals surface area contributed by atoms with Gasteiger partial charge in [-0.15, -0.1) is 0 Å². The van der Waals surface area contributed by atoms with Gasteiger partial charge in [0.25, 0.3) is 0 Å². The van der Waals surface area contributed by atoms with Gasteiger partial charge in [-0.3, -0.25) is 4.79 Å². The molecular weight excluding hydrogens is 200 g/mol. The lowest BCUT2D eigenvalue weighted by atomic mass is 10.0. The highest BCUT2D eigenvalue weighted by Crippen LogP contribution is 2.26. The van der Waals surface area contributed by atoms with E-state index in [9.17, 15) is 4.79 Å². The lowest BCUT2D eigenvalue weighted by molar-refractivity contribution is -0.122. The summed E-state index contributed by atoms with van der Waals surface area (Å²) in [4.78, 5) is 13.6. The van der Waals surface area contributed by atoms with Crippen molar-refractivity contribution in [2.24, 2.45) is 0 Å². The van der Waals surface area contributed by atoms with E-state index in [1.807, 2.05) is 58.0 Å². The van der Waals surface area contributed by atoms with Crippen molar-refractivity contribution in [2.45, 2.75) is 33.2 Å². The number of para-hydroxylation sites is 1. The van der Waals surface area contributed by atoms with E-state index in [1.54, 1.807) is 0 Å². The Morgan fingerprint density at radius 1 is 1.19 bits per heavy atom. The van der Waals surface area contributed by atoms with Crippen molar-refractivity contribution in [3.05, 3.63) is 30.3 Å². The SMILES string of the molecule is CC.CC1(C)C(=O)NCN1c1ccccc1. The molecule has 0 unspecified atom stereocenters. The lowest BCUT2D eigenvalue weighted by Gasteiger charge is -2.29. The van der Waals surface area contributed by atoms with E-state index in [4.69, 9.17) is 0 Å². The first kappa shape index (κ1) is 12.6. The second-order valence-corrected chi connectivity index (χ2v) is 3.99. The zero-order chi connectivity index (χ0) is 12.2. The third kappa shape index (κ3) is 2.18. The van der Waals surface area contributed by atoms with Crippen LogP contribution in [0.3, 0.4) is 0 Å². The van der Waals surface area contributed by atoms with Crippen LogP contribution in [0.25, 0.3) is 0 Å². The highest BCUT2D eigenvalue weighted by atomic mass is 16.2. The third-order valence-corrected chi connectivity index (χ3v) is 2.70. The molecule has 1 fully saturated rings. The van der Waals surface area contributed by atoms with Gasteiger partial charge in [-0.05, 0) is 26.0 Å². The van der Waals surface area contributed by atoms with Crippen LogP contribution in [0.4, 0.5) is 5.69 Å². The Balaban J connectivity index is 0.000000606. The van der Waals surface area contributed by atoms with Crippen molar-refractivity contribution >= 4 is 11.6 Å². The van der Waals surface area contributed by atoms with Crippen molar-refractivity contribution in [1.29, 1.82) is 0 Å². The van der Waals surface area contributed by atoms with Crippen LogP contribution < -0.4 is 10.2 Å². The highest BCUT2D eigenvalue weighted by Gasteiger charge is 2.40. The molecule has 0 bridgehead atoms. The number of hydrogen-bond acceptors (Lipinski definition) is 2. The first-order valence-electron chi connectivity index (χ1n) is 5.73. The first-order valence-corrected chi connectivity index (χ1v) is 5.73. The Hall–Kier alpha value is -1.51. The van der Waals surface area contributed by atoms with Crippen LogP contribution in [0.2, 0.25) is 0 Å². The highest BCUT2D eigenvalue weighted by molar-refractivity contribution is 5.92. The number of benzene rings is 1. The van der Waals surface area contributed by atoms with Gasteiger partial charge in [0.15, 0.2) is 0 Å². The monoisotopic (exact) mass is 220 g/mol. The molecule has 1 heterocycles. The maximum atomic E-state index is 11.5. The molecule has 1 aromatic rings. The molecular formula is C13H20N2O. The van der Waals surface area contributed by atoms with E-state index >= 15 is 0 Å². The summed E-state index contributed by atoms with van der Waals surface area (Å²) in [6.07, 6.45) is 0. The molecule has 1 N–H and O–H groups in total. The normalized spacial score (nSPS) is 17.5. The molecule has 1 aliphatic rings. The molecule has 1 aliphatic heterocycles. The smallest absolute Gasteiger partial charge is 0.246 e. The van der Waals surface area contributed by atoms with E-state index in [2.05, 4.69) is 10.2 Å². The fourth-order valence-corrected chi connectivity index (χ4v) is 1.71. The quantitative estimate of drug-likeness (QED) is 0.788. The lowest BCUT2D eigenvalue weighted by Crippen LogP contribution is -2.43. The predicted octanol–water partition coefficient (Wildman–Crippen LogP) is 2.39. The van der Waals surface area contributed by atoms with E-state index in [-0.39, 0.29) is 5.91 Å². The molecule has 0 spiro atoms. The first-order chi connectivity index (χ1) is 7.62. The van der Waals surface area contributed by atoms with Crippen molar-refractivity contribution in [3.63, 3.8) is 0 Å². The molecule has 16 heavy (non-hydrogen) atoms. The fourth-order valence-electron chi connectivity index (χ4n) is 1.71. The van der Waals surface area contributed by atoms with Gasteiger partial charge in [-0.1, -0.05) is 32.0 Å². The Bertz CT molecular complexity index is 346. The van der Waals surface area contributed by atoms with Gasteiger partial charge in [0, 0.05) is 5.69 Å². The van der Waals surface area contributed by atoms with Gasteiger partial charge in [0.1, 0.15) is 5.54 Å². The van der Waals surface area contributed by atoms with Crippen LogP contribution in [0.1, 0.15) is 27.7 Å². The Labute approximate surface area is 97.5 Å². The summed E-state index contributed by atoms with van der Waals surface area (Å²) in [6, 6.07) is 9.97. The molecule has 3 heteroatoms. The number of hydrogen-bond donors (Lipinski definition) is 1. The summed E-state index contributed by atoms with van der Waals surface area (Å²) in [5, 5.41) is 2.85. The molecule has 0 aromatic heterocycles. The van der Waals surface area contributed by atoms with Crippen LogP contribution in [-0.2, 0) is 4.79 Å². The summed E-state index contributed by atoms with van der Waals surface area (Å²) in [5.74, 6) is 0.0846. The third-order valence-electron chi connectivity index (χ3n) is 2.70. The minimum atomic E-state index is -0.443. The summed E-state index contributed by atoms with van der Waals surface area (Å²) >= 11 is 0. The predicted molar refractivity (Wildman–Crippen MR) is 67.4 cm³/mol. The van der Waals surface area contributed by atoms with Gasteiger partial charge < -0.3 is 10.2 Å². The molecule has 1 aromatic carbocycles. The molecule has 3 nitrogen and oxygen atoms in total. The topological polar surface area (TPSA) is 32.3 Å². The van der Waals surface area contributed by atoms with E-state index in [0.29, 0.717) is 6.67 Å². The van der Waals surface area contributed by atoms with Crippen LogP contribution in [-0.4, -0.2) is 18.1 Å². The number of carbonyl (C=O) groups excluding carboxylic acids is 1. The zero-order valence-corrected chi connectivity index (χ0v) is 10.4. The number of amides is 1. The van der Waals surface area contributed by atoms with Gasteiger partial charge in [-0.25, -0.2) is 0 Å². The molecule has 1 amide bonds. The Morgan fingerprint density at radius 3 is 2.19 bits per heavy atom. The average molecular weight is 220 g/mol. The summed E-state index contributed by atoms with van der Waals surface area (Å²) in [6.45, 7) is 8.46. The minimum absolute atomic E-state index is 0.0846. The number of anilines is 1. The van der Waals surface area contributed by atoms with E-state index in [1.165, 1.54) is 0 Å². The van der Waals surface area contributed by atoms with Crippen LogP contribution >= 0.6 is 0 Å². The van der Waals surface area contributed by atoms with Crippen molar-refractivity contribution in [2.75, 3.05) is 11.6 Å². The fraction of sp³-hybridized carbons (Fsp3) is 0.462. The number of nitrogens with one attached hydrogen (secondary N) is 1. The standard InChI is InChI=1S/C11H14N2O.C2H6/c1-11(2)10(14)12-8-13(11)9-6-4-3-5-7-9;1-2/h3-7H,8H2,1-2H3,(H,12,14);1-2H3.